The van der Waals surface area contributed by atoms with E-state index in [0.29, 0.717) is 22.8 Å². The maximum atomic E-state index is 13.0. The second-order valence-electron chi connectivity index (χ2n) is 7.77. The van der Waals surface area contributed by atoms with Gasteiger partial charge in [0, 0.05) is 5.39 Å². The first-order valence-corrected chi connectivity index (χ1v) is 11.1. The van der Waals surface area contributed by atoms with Gasteiger partial charge in [-0.2, -0.15) is 9.78 Å². The van der Waals surface area contributed by atoms with Crippen LogP contribution in [0.15, 0.2) is 54.7 Å². The number of pyridine rings is 1. The van der Waals surface area contributed by atoms with Gasteiger partial charge < -0.3 is 19.5 Å². The van der Waals surface area contributed by atoms with E-state index in [4.69, 9.17) is 19.2 Å². The number of ether oxygens (including phenoxy) is 3. The number of hydrogen-bond donors (Lipinski definition) is 1. The lowest BCUT2D eigenvalue weighted by Gasteiger charge is -2.13. The molecule has 4 aromatic rings. The Morgan fingerprint density at radius 3 is 2.51 bits per heavy atom. The van der Waals surface area contributed by atoms with Crippen LogP contribution in [0.3, 0.4) is 0 Å². The molecule has 9 heteroatoms. The highest BCUT2D eigenvalue weighted by Gasteiger charge is 2.23. The summed E-state index contributed by atoms with van der Waals surface area (Å²) in [7, 11) is 3.16. The number of esters is 1. The zero-order valence-corrected chi connectivity index (χ0v) is 20.0. The lowest BCUT2D eigenvalue weighted by molar-refractivity contribution is -0.115. The van der Waals surface area contributed by atoms with Gasteiger partial charge in [-0.05, 0) is 49.2 Å². The van der Waals surface area contributed by atoms with Gasteiger partial charge in [-0.25, -0.2) is 9.78 Å². The number of fused-ring (bicyclic) bond motifs is 1. The van der Waals surface area contributed by atoms with Crippen LogP contribution < -0.4 is 14.8 Å². The molecule has 0 aliphatic heterocycles. The number of nitrogens with zero attached hydrogens (tertiary/aromatic N) is 3. The number of aromatic nitrogens is 3. The van der Waals surface area contributed by atoms with Gasteiger partial charge in [-0.1, -0.05) is 24.3 Å². The summed E-state index contributed by atoms with van der Waals surface area (Å²) in [6.45, 7) is 3.85. The van der Waals surface area contributed by atoms with Crippen molar-refractivity contribution in [3.8, 4) is 17.3 Å². The normalized spacial score (nSPS) is 10.7. The van der Waals surface area contributed by atoms with Crippen LogP contribution >= 0.6 is 0 Å². The summed E-state index contributed by atoms with van der Waals surface area (Å²) in [5.41, 5.74) is 2.51. The van der Waals surface area contributed by atoms with E-state index >= 15 is 0 Å². The molecule has 0 radical (unpaired) electrons. The van der Waals surface area contributed by atoms with Gasteiger partial charge in [0.05, 0.1) is 33.4 Å². The van der Waals surface area contributed by atoms with E-state index in [0.717, 1.165) is 16.5 Å². The van der Waals surface area contributed by atoms with Gasteiger partial charge in [0.1, 0.15) is 22.6 Å². The summed E-state index contributed by atoms with van der Waals surface area (Å²) < 4.78 is 17.3. The second-order valence-corrected chi connectivity index (χ2v) is 7.77. The first-order chi connectivity index (χ1) is 16.9. The number of hydrogen-bond acceptors (Lipinski definition) is 7. The first kappa shape index (κ1) is 23.7. The Morgan fingerprint density at radius 2 is 1.83 bits per heavy atom. The molecule has 0 unspecified atom stereocenters. The van der Waals surface area contributed by atoms with E-state index in [1.54, 1.807) is 33.3 Å². The number of nitrogens with one attached hydrogen (secondary N) is 1. The van der Waals surface area contributed by atoms with Crippen molar-refractivity contribution >= 4 is 28.6 Å². The fraction of sp³-hybridized carbons (Fsp3) is 0.231. The third-order valence-electron chi connectivity index (χ3n) is 5.48. The fourth-order valence-corrected chi connectivity index (χ4v) is 3.75. The minimum atomic E-state index is -0.589. The fourth-order valence-electron chi connectivity index (χ4n) is 3.75. The molecule has 1 N–H and O–H groups in total. The van der Waals surface area contributed by atoms with E-state index in [1.165, 1.54) is 10.9 Å². The number of rotatable bonds is 8. The Morgan fingerprint density at radius 1 is 1.06 bits per heavy atom. The van der Waals surface area contributed by atoms with Crippen molar-refractivity contribution in [1.29, 1.82) is 0 Å². The molecule has 2 aromatic carbocycles. The summed E-state index contributed by atoms with van der Waals surface area (Å²) in [5.74, 6) is 1.00. The minimum absolute atomic E-state index is 0.0927. The molecule has 0 fully saturated rings. The van der Waals surface area contributed by atoms with Gasteiger partial charge in [0.2, 0.25) is 5.91 Å². The monoisotopic (exact) mass is 474 g/mol. The van der Waals surface area contributed by atoms with Gasteiger partial charge in [-0.15, -0.1) is 0 Å². The molecule has 0 aliphatic rings. The average molecular weight is 475 g/mol. The van der Waals surface area contributed by atoms with E-state index in [2.05, 4.69) is 10.4 Å². The summed E-state index contributed by atoms with van der Waals surface area (Å²) in [5, 5.41) is 8.11. The highest BCUT2D eigenvalue weighted by molar-refractivity contribution is 6.01. The third-order valence-corrected chi connectivity index (χ3v) is 5.48. The second kappa shape index (κ2) is 10.3. The van der Waals surface area contributed by atoms with Crippen LogP contribution in [-0.2, 0) is 16.0 Å². The summed E-state index contributed by atoms with van der Waals surface area (Å²) >= 11 is 0. The molecule has 0 aliphatic carbocycles. The molecule has 0 bridgehead atoms. The van der Waals surface area contributed by atoms with Gasteiger partial charge in [0.25, 0.3) is 0 Å². The average Bonchev–Trinajstić information content (AvgIpc) is 3.27. The molecule has 9 nitrogen and oxygen atoms in total. The van der Waals surface area contributed by atoms with E-state index in [1.807, 2.05) is 43.3 Å². The number of carbonyl (C=O) groups is 2. The lowest BCUT2D eigenvalue weighted by atomic mass is 10.1. The number of methoxy groups -OCH3 is 2. The maximum Gasteiger partial charge on any atom is 0.343 e. The third kappa shape index (κ3) is 4.93. The predicted molar refractivity (Wildman–Crippen MR) is 131 cm³/mol. The quantitative estimate of drug-likeness (QED) is 0.383. The van der Waals surface area contributed by atoms with Gasteiger partial charge in [-0.3, -0.25) is 4.79 Å². The zero-order chi connectivity index (χ0) is 24.9. The van der Waals surface area contributed by atoms with Crippen molar-refractivity contribution in [3.05, 3.63) is 71.4 Å². The number of benzene rings is 2. The van der Waals surface area contributed by atoms with Crippen molar-refractivity contribution < 1.29 is 23.8 Å². The maximum absolute atomic E-state index is 13.0. The minimum Gasteiger partial charge on any atom is -0.497 e. The van der Waals surface area contributed by atoms with Crippen LogP contribution in [0.4, 0.5) is 5.82 Å². The Hall–Kier alpha value is -4.40. The molecule has 1 amide bonds. The number of anilines is 1. The van der Waals surface area contributed by atoms with Crippen LogP contribution in [0.5, 0.6) is 11.5 Å². The highest BCUT2D eigenvalue weighted by atomic mass is 16.5. The molecule has 0 saturated heterocycles. The Kier molecular flexibility index (Phi) is 6.96. The topological polar surface area (TPSA) is 105 Å². The molecule has 4 rings (SSSR count). The standard InChI is InChI=1S/C26H26N4O5/c1-5-35-26(32)20-15-27-30(22-13-16(2)19-7-6-8-21(34-4)24(19)28-22)25(20)29-23(31)14-17-9-11-18(33-3)12-10-17/h6-13,15H,5,14H2,1-4H3,(H,29,31). The molecule has 35 heavy (non-hydrogen) atoms. The van der Waals surface area contributed by atoms with E-state index in [-0.39, 0.29) is 30.3 Å². The zero-order valence-electron chi connectivity index (χ0n) is 20.0. The van der Waals surface area contributed by atoms with Crippen molar-refractivity contribution in [2.24, 2.45) is 0 Å². The molecule has 0 saturated carbocycles. The lowest BCUT2D eigenvalue weighted by Crippen LogP contribution is -2.20. The molecular formula is C26H26N4O5. The molecular weight excluding hydrogens is 448 g/mol. The predicted octanol–water partition coefficient (Wildman–Crippen LogP) is 4.10. The molecule has 0 atom stereocenters. The largest absolute Gasteiger partial charge is 0.497 e. The SMILES string of the molecule is CCOC(=O)c1cnn(-c2cc(C)c3cccc(OC)c3n2)c1NC(=O)Cc1ccc(OC)cc1. The van der Waals surface area contributed by atoms with Crippen LogP contribution in [0, 0.1) is 6.92 Å². The summed E-state index contributed by atoms with van der Waals surface area (Å²) in [6.07, 6.45) is 1.46. The number of amides is 1. The van der Waals surface area contributed by atoms with Crippen LogP contribution in [-0.4, -0.2) is 47.5 Å². The van der Waals surface area contributed by atoms with Crippen LogP contribution in [0.25, 0.3) is 16.7 Å². The highest BCUT2D eigenvalue weighted by Crippen LogP contribution is 2.29. The van der Waals surface area contributed by atoms with Gasteiger partial charge >= 0.3 is 5.97 Å². The smallest absolute Gasteiger partial charge is 0.343 e. The van der Waals surface area contributed by atoms with Gasteiger partial charge in [0.15, 0.2) is 11.6 Å². The van der Waals surface area contributed by atoms with Crippen molar-refractivity contribution in [2.45, 2.75) is 20.3 Å². The first-order valence-electron chi connectivity index (χ1n) is 11.1. The van der Waals surface area contributed by atoms with Crippen molar-refractivity contribution in [2.75, 3.05) is 26.1 Å². The molecule has 0 spiro atoms. The summed E-state index contributed by atoms with van der Waals surface area (Å²) in [4.78, 5) is 30.3. The molecule has 2 heterocycles. The van der Waals surface area contributed by atoms with Crippen LogP contribution in [0.1, 0.15) is 28.4 Å². The summed E-state index contributed by atoms with van der Waals surface area (Å²) in [6, 6.07) is 14.7. The van der Waals surface area contributed by atoms with Crippen molar-refractivity contribution in [3.63, 3.8) is 0 Å². The number of carbonyl (C=O) groups excluding carboxylic acids is 2. The van der Waals surface area contributed by atoms with Crippen molar-refractivity contribution in [1.82, 2.24) is 14.8 Å². The Balaban J connectivity index is 1.74. The number of aryl methyl sites for hydroxylation is 1. The van der Waals surface area contributed by atoms with E-state index < -0.39 is 5.97 Å². The molecule has 180 valence electrons. The number of para-hydroxylation sites is 1. The van der Waals surface area contributed by atoms with Crippen LogP contribution in [0.2, 0.25) is 0 Å². The molecule has 2 aromatic heterocycles. The Bertz CT molecular complexity index is 1380. The Labute approximate surface area is 202 Å². The van der Waals surface area contributed by atoms with E-state index in [9.17, 15) is 9.59 Å².